The molecule has 5 nitrogen and oxygen atoms in total. The molecule has 0 aliphatic heterocycles. The summed E-state index contributed by atoms with van der Waals surface area (Å²) in [4.78, 5) is 29.1. The number of rotatable bonds is 6. The van der Waals surface area contributed by atoms with Crippen molar-refractivity contribution < 1.29 is 14.0 Å². The Hall–Kier alpha value is -2.77. The second kappa shape index (κ2) is 8.95. The molecule has 2 amide bonds. The molecule has 3 rings (SSSR count). The van der Waals surface area contributed by atoms with Crippen LogP contribution in [0.1, 0.15) is 26.4 Å². The number of thiazole rings is 1. The third-order valence-corrected chi connectivity index (χ3v) is 5.25. The van der Waals surface area contributed by atoms with Crippen molar-refractivity contribution in [1.82, 2.24) is 10.3 Å². The zero-order chi connectivity index (χ0) is 20.1. The zero-order valence-electron chi connectivity index (χ0n) is 15.0. The van der Waals surface area contributed by atoms with E-state index in [9.17, 15) is 14.0 Å². The molecule has 0 fully saturated rings. The summed E-state index contributed by atoms with van der Waals surface area (Å²) in [7, 11) is 0. The summed E-state index contributed by atoms with van der Waals surface area (Å²) in [6, 6.07) is 11.0. The topological polar surface area (TPSA) is 71.1 Å². The van der Waals surface area contributed by atoms with Gasteiger partial charge in [0.05, 0.1) is 6.54 Å². The van der Waals surface area contributed by atoms with Gasteiger partial charge in [-0.1, -0.05) is 23.7 Å². The summed E-state index contributed by atoms with van der Waals surface area (Å²) in [6.45, 7) is 1.74. The van der Waals surface area contributed by atoms with E-state index in [2.05, 4.69) is 15.6 Å². The Bertz CT molecular complexity index is 1000. The highest BCUT2D eigenvalue weighted by atomic mass is 35.5. The van der Waals surface area contributed by atoms with Gasteiger partial charge in [0.1, 0.15) is 5.82 Å². The lowest BCUT2D eigenvalue weighted by Gasteiger charge is -2.05. The SMILES string of the molecule is Cc1ccc(Cc2cnc(NC(=O)CNC(=O)c3ccc(F)cc3)s2)cc1Cl. The highest BCUT2D eigenvalue weighted by Gasteiger charge is 2.11. The summed E-state index contributed by atoms with van der Waals surface area (Å²) < 4.78 is 12.9. The second-order valence-corrected chi connectivity index (χ2v) is 7.65. The number of hydrogen-bond acceptors (Lipinski definition) is 4. The van der Waals surface area contributed by atoms with Crippen molar-refractivity contribution in [3.8, 4) is 0 Å². The van der Waals surface area contributed by atoms with E-state index < -0.39 is 17.6 Å². The lowest BCUT2D eigenvalue weighted by molar-refractivity contribution is -0.115. The molecule has 2 N–H and O–H groups in total. The smallest absolute Gasteiger partial charge is 0.251 e. The molecule has 0 spiro atoms. The molecular formula is C20H17ClFN3O2S. The molecule has 1 aromatic heterocycles. The molecule has 1 heterocycles. The van der Waals surface area contributed by atoms with Crippen LogP contribution in [-0.2, 0) is 11.2 Å². The number of carbonyl (C=O) groups is 2. The summed E-state index contributed by atoms with van der Waals surface area (Å²) in [5.74, 6) is -1.28. The Morgan fingerprint density at radius 3 is 2.64 bits per heavy atom. The van der Waals surface area contributed by atoms with Crippen molar-refractivity contribution in [1.29, 1.82) is 0 Å². The van der Waals surface area contributed by atoms with Crippen molar-refractivity contribution in [3.63, 3.8) is 0 Å². The minimum absolute atomic E-state index is 0.210. The molecule has 0 atom stereocenters. The summed E-state index contributed by atoms with van der Waals surface area (Å²) in [6.07, 6.45) is 2.36. The third kappa shape index (κ3) is 5.37. The summed E-state index contributed by atoms with van der Waals surface area (Å²) >= 11 is 7.50. The van der Waals surface area contributed by atoms with Crippen LogP contribution in [0.4, 0.5) is 9.52 Å². The van der Waals surface area contributed by atoms with Gasteiger partial charge in [0.2, 0.25) is 5.91 Å². The van der Waals surface area contributed by atoms with E-state index in [1.54, 1.807) is 6.20 Å². The lowest BCUT2D eigenvalue weighted by atomic mass is 10.1. The Morgan fingerprint density at radius 1 is 1.18 bits per heavy atom. The fourth-order valence-electron chi connectivity index (χ4n) is 2.42. The van der Waals surface area contributed by atoms with Crippen molar-refractivity contribution in [2.24, 2.45) is 0 Å². The quantitative estimate of drug-likeness (QED) is 0.631. The average Bonchev–Trinajstić information content (AvgIpc) is 3.10. The van der Waals surface area contributed by atoms with Gasteiger partial charge < -0.3 is 10.6 Å². The predicted molar refractivity (Wildman–Crippen MR) is 108 cm³/mol. The van der Waals surface area contributed by atoms with Crippen LogP contribution in [0.5, 0.6) is 0 Å². The Morgan fingerprint density at radius 2 is 1.93 bits per heavy atom. The van der Waals surface area contributed by atoms with E-state index >= 15 is 0 Å². The molecule has 0 aliphatic rings. The van der Waals surface area contributed by atoms with Crippen LogP contribution in [0.2, 0.25) is 5.02 Å². The maximum Gasteiger partial charge on any atom is 0.251 e. The minimum Gasteiger partial charge on any atom is -0.343 e. The van der Waals surface area contributed by atoms with Crippen LogP contribution in [-0.4, -0.2) is 23.3 Å². The standard InChI is InChI=1S/C20H17ClFN3O2S/c1-12-2-3-13(9-17(12)21)8-16-10-24-20(28-16)25-18(26)11-23-19(27)14-4-6-15(22)7-5-14/h2-7,9-10H,8,11H2,1H3,(H,23,27)(H,24,25,26). The van der Waals surface area contributed by atoms with Crippen LogP contribution in [0.15, 0.2) is 48.7 Å². The molecule has 0 aliphatic carbocycles. The van der Waals surface area contributed by atoms with Gasteiger partial charge in [-0.05, 0) is 48.4 Å². The highest BCUT2D eigenvalue weighted by molar-refractivity contribution is 7.15. The third-order valence-electron chi connectivity index (χ3n) is 3.93. The number of halogens is 2. The Balaban J connectivity index is 1.51. The summed E-state index contributed by atoms with van der Waals surface area (Å²) in [5.41, 5.74) is 2.36. The summed E-state index contributed by atoms with van der Waals surface area (Å²) in [5, 5.41) is 6.31. The van der Waals surface area contributed by atoms with Gasteiger partial charge in [-0.2, -0.15) is 0 Å². The fourth-order valence-corrected chi connectivity index (χ4v) is 3.49. The van der Waals surface area contributed by atoms with E-state index in [1.807, 2.05) is 25.1 Å². The van der Waals surface area contributed by atoms with Crippen molar-refractivity contribution >= 4 is 39.9 Å². The fraction of sp³-hybridized carbons (Fsp3) is 0.150. The maximum absolute atomic E-state index is 12.9. The van der Waals surface area contributed by atoms with Gasteiger partial charge in [-0.25, -0.2) is 9.37 Å². The van der Waals surface area contributed by atoms with Gasteiger partial charge in [0.15, 0.2) is 5.13 Å². The highest BCUT2D eigenvalue weighted by Crippen LogP contribution is 2.23. The van der Waals surface area contributed by atoms with Crippen molar-refractivity contribution in [2.45, 2.75) is 13.3 Å². The van der Waals surface area contributed by atoms with Crippen LogP contribution in [0.25, 0.3) is 0 Å². The monoisotopic (exact) mass is 417 g/mol. The lowest BCUT2D eigenvalue weighted by Crippen LogP contribution is -2.32. The molecule has 0 bridgehead atoms. The molecule has 0 saturated carbocycles. The molecule has 2 aromatic carbocycles. The van der Waals surface area contributed by atoms with Crippen LogP contribution in [0, 0.1) is 12.7 Å². The molecule has 144 valence electrons. The first-order valence-corrected chi connectivity index (χ1v) is 9.63. The van der Waals surface area contributed by atoms with E-state index in [0.29, 0.717) is 16.6 Å². The maximum atomic E-state index is 12.9. The van der Waals surface area contributed by atoms with Crippen molar-refractivity contribution in [3.05, 3.63) is 81.1 Å². The van der Waals surface area contributed by atoms with E-state index in [0.717, 1.165) is 16.0 Å². The molecule has 0 saturated heterocycles. The number of hydrogen-bond donors (Lipinski definition) is 2. The molecule has 0 radical (unpaired) electrons. The van der Waals surface area contributed by atoms with Gasteiger partial charge in [0.25, 0.3) is 5.91 Å². The number of nitrogens with zero attached hydrogens (tertiary/aromatic N) is 1. The number of nitrogens with one attached hydrogen (secondary N) is 2. The van der Waals surface area contributed by atoms with Crippen LogP contribution >= 0.6 is 22.9 Å². The van der Waals surface area contributed by atoms with E-state index in [-0.39, 0.29) is 12.1 Å². The average molecular weight is 418 g/mol. The van der Waals surface area contributed by atoms with E-state index in [1.165, 1.54) is 35.6 Å². The zero-order valence-corrected chi connectivity index (χ0v) is 16.5. The predicted octanol–water partition coefficient (Wildman–Crippen LogP) is 4.20. The number of aromatic nitrogens is 1. The Labute approximate surface area is 170 Å². The molecule has 8 heteroatoms. The van der Waals surface area contributed by atoms with Crippen LogP contribution in [0.3, 0.4) is 0 Å². The number of carbonyl (C=O) groups excluding carboxylic acids is 2. The first-order valence-electron chi connectivity index (χ1n) is 8.44. The first kappa shape index (κ1) is 20.0. The van der Waals surface area contributed by atoms with Crippen LogP contribution < -0.4 is 10.6 Å². The largest absolute Gasteiger partial charge is 0.343 e. The van der Waals surface area contributed by atoms with Gasteiger partial charge in [0, 0.05) is 28.1 Å². The molecule has 28 heavy (non-hydrogen) atoms. The number of aryl methyl sites for hydroxylation is 1. The Kier molecular flexibility index (Phi) is 6.38. The van der Waals surface area contributed by atoms with Crippen molar-refractivity contribution in [2.75, 3.05) is 11.9 Å². The van der Waals surface area contributed by atoms with Gasteiger partial charge in [-0.15, -0.1) is 11.3 Å². The van der Waals surface area contributed by atoms with Gasteiger partial charge in [-0.3, -0.25) is 9.59 Å². The molecular weight excluding hydrogens is 401 g/mol. The molecule has 0 unspecified atom stereocenters. The number of amides is 2. The molecule has 3 aromatic rings. The van der Waals surface area contributed by atoms with E-state index in [4.69, 9.17) is 11.6 Å². The normalized spacial score (nSPS) is 10.5. The number of anilines is 1. The number of benzene rings is 2. The second-order valence-electron chi connectivity index (χ2n) is 6.13. The van der Waals surface area contributed by atoms with Gasteiger partial charge >= 0.3 is 0 Å². The minimum atomic E-state index is -0.453. The first-order chi connectivity index (χ1) is 13.4.